The number of fused-ring (bicyclic) bond motifs is 1. The minimum atomic E-state index is -0.986. The zero-order valence-electron chi connectivity index (χ0n) is 12.5. The van der Waals surface area contributed by atoms with Gasteiger partial charge < -0.3 is 9.47 Å². The molecule has 6 heteroatoms. The van der Waals surface area contributed by atoms with Crippen molar-refractivity contribution in [2.24, 2.45) is 0 Å². The van der Waals surface area contributed by atoms with Crippen molar-refractivity contribution in [3.05, 3.63) is 69.8 Å². The van der Waals surface area contributed by atoms with Crippen LogP contribution in [0.25, 0.3) is 0 Å². The van der Waals surface area contributed by atoms with E-state index in [1.807, 2.05) is 18.2 Å². The van der Waals surface area contributed by atoms with Gasteiger partial charge in [0.15, 0.2) is 0 Å². The lowest BCUT2D eigenvalue weighted by Crippen LogP contribution is -2.40. The fraction of sp³-hybridized carbons (Fsp3) is 0.235. The highest BCUT2D eigenvalue weighted by Gasteiger charge is 2.48. The van der Waals surface area contributed by atoms with E-state index in [0.717, 1.165) is 5.56 Å². The van der Waals surface area contributed by atoms with Crippen molar-refractivity contribution < 1.29 is 19.2 Å². The van der Waals surface area contributed by atoms with Crippen LogP contribution in [0.3, 0.4) is 0 Å². The van der Waals surface area contributed by atoms with Crippen molar-refractivity contribution in [2.75, 3.05) is 13.7 Å². The normalized spacial score (nSPS) is 18.8. The average molecular weight is 313 g/mol. The van der Waals surface area contributed by atoms with Crippen LogP contribution in [-0.2, 0) is 21.4 Å². The van der Waals surface area contributed by atoms with Gasteiger partial charge in [-0.3, -0.25) is 14.9 Å². The van der Waals surface area contributed by atoms with Gasteiger partial charge in [-0.15, -0.1) is 0 Å². The van der Waals surface area contributed by atoms with Gasteiger partial charge in [0.2, 0.25) is 0 Å². The van der Waals surface area contributed by atoms with Crippen LogP contribution in [0.5, 0.6) is 5.75 Å². The van der Waals surface area contributed by atoms with Crippen LogP contribution in [0.4, 0.5) is 5.69 Å². The van der Waals surface area contributed by atoms with Crippen molar-refractivity contribution in [1.82, 2.24) is 0 Å². The molecule has 1 aliphatic heterocycles. The van der Waals surface area contributed by atoms with Crippen LogP contribution in [-0.4, -0.2) is 24.6 Å². The van der Waals surface area contributed by atoms with E-state index in [9.17, 15) is 14.9 Å². The molecular weight excluding hydrogens is 298 g/mol. The largest absolute Gasteiger partial charge is 0.492 e. The van der Waals surface area contributed by atoms with E-state index in [1.165, 1.54) is 19.2 Å². The van der Waals surface area contributed by atoms with Crippen LogP contribution in [0, 0.1) is 10.1 Å². The molecule has 6 nitrogen and oxygen atoms in total. The molecule has 0 N–H and O–H groups in total. The molecule has 1 heterocycles. The van der Waals surface area contributed by atoms with Crippen molar-refractivity contribution in [2.45, 2.75) is 11.8 Å². The van der Waals surface area contributed by atoms with Gasteiger partial charge >= 0.3 is 5.97 Å². The Kier molecular flexibility index (Phi) is 3.73. The molecule has 1 unspecified atom stereocenters. The molecule has 0 aromatic heterocycles. The zero-order valence-corrected chi connectivity index (χ0v) is 12.5. The van der Waals surface area contributed by atoms with Crippen LogP contribution in [0.1, 0.15) is 11.1 Å². The summed E-state index contributed by atoms with van der Waals surface area (Å²) < 4.78 is 10.6. The molecule has 0 fully saturated rings. The molecule has 118 valence electrons. The number of benzene rings is 2. The lowest BCUT2D eigenvalue weighted by molar-refractivity contribution is -0.384. The number of ether oxygens (including phenoxy) is 2. The average Bonchev–Trinajstić information content (AvgIpc) is 2.94. The molecule has 0 spiro atoms. The summed E-state index contributed by atoms with van der Waals surface area (Å²) in [7, 11) is 1.33. The number of nitro groups is 1. The number of nitrogens with zero attached hydrogens (tertiary/aromatic N) is 1. The molecule has 0 amide bonds. The lowest BCUT2D eigenvalue weighted by atomic mass is 9.77. The van der Waals surface area contributed by atoms with E-state index in [1.54, 1.807) is 18.2 Å². The summed E-state index contributed by atoms with van der Waals surface area (Å²) in [6.07, 6.45) is 0.276. The predicted octanol–water partition coefficient (Wildman–Crippen LogP) is 2.64. The lowest BCUT2D eigenvalue weighted by Gasteiger charge is -2.25. The van der Waals surface area contributed by atoms with E-state index < -0.39 is 16.3 Å². The van der Waals surface area contributed by atoms with E-state index in [-0.39, 0.29) is 18.7 Å². The first-order valence-corrected chi connectivity index (χ1v) is 7.11. The molecule has 0 bridgehead atoms. The van der Waals surface area contributed by atoms with E-state index in [0.29, 0.717) is 11.3 Å². The number of para-hydroxylation sites is 1. The Balaban J connectivity index is 2.04. The molecule has 0 saturated carbocycles. The van der Waals surface area contributed by atoms with Crippen LogP contribution >= 0.6 is 0 Å². The highest BCUT2D eigenvalue weighted by atomic mass is 16.6. The fourth-order valence-corrected chi connectivity index (χ4v) is 2.98. The van der Waals surface area contributed by atoms with Crippen LogP contribution in [0.2, 0.25) is 0 Å². The first-order chi connectivity index (χ1) is 11.1. The van der Waals surface area contributed by atoms with E-state index in [2.05, 4.69) is 0 Å². The number of esters is 1. The topological polar surface area (TPSA) is 78.7 Å². The molecule has 1 aliphatic rings. The van der Waals surface area contributed by atoms with Gasteiger partial charge in [0.05, 0.1) is 12.0 Å². The molecule has 2 aromatic rings. The first-order valence-electron chi connectivity index (χ1n) is 7.11. The van der Waals surface area contributed by atoms with Gasteiger partial charge in [0.1, 0.15) is 17.8 Å². The predicted molar refractivity (Wildman–Crippen MR) is 82.4 cm³/mol. The van der Waals surface area contributed by atoms with Gasteiger partial charge in [0.25, 0.3) is 5.69 Å². The number of non-ortho nitro benzene ring substituents is 1. The second-order valence-corrected chi connectivity index (χ2v) is 5.46. The summed E-state index contributed by atoms with van der Waals surface area (Å²) >= 11 is 0. The summed E-state index contributed by atoms with van der Waals surface area (Å²) in [5.41, 5.74) is 0.443. The maximum atomic E-state index is 12.5. The molecule has 23 heavy (non-hydrogen) atoms. The minimum Gasteiger partial charge on any atom is -0.492 e. The molecule has 3 rings (SSSR count). The monoisotopic (exact) mass is 313 g/mol. The summed E-state index contributed by atoms with van der Waals surface area (Å²) in [6.45, 7) is 0.154. The Labute approximate surface area is 132 Å². The highest BCUT2D eigenvalue weighted by molar-refractivity contribution is 5.86. The number of hydrogen-bond acceptors (Lipinski definition) is 5. The van der Waals surface area contributed by atoms with Gasteiger partial charge in [-0.1, -0.05) is 30.3 Å². The van der Waals surface area contributed by atoms with Crippen molar-refractivity contribution in [3.8, 4) is 5.75 Å². The van der Waals surface area contributed by atoms with Crippen molar-refractivity contribution >= 4 is 11.7 Å². The van der Waals surface area contributed by atoms with Crippen LogP contribution < -0.4 is 4.74 Å². The van der Waals surface area contributed by atoms with E-state index in [4.69, 9.17) is 9.47 Å². The second kappa shape index (κ2) is 5.72. The Morgan fingerprint density at radius 3 is 2.83 bits per heavy atom. The Morgan fingerprint density at radius 2 is 2.09 bits per heavy atom. The summed E-state index contributed by atoms with van der Waals surface area (Å²) in [6, 6.07) is 13.6. The van der Waals surface area contributed by atoms with Gasteiger partial charge in [-0.05, 0) is 18.1 Å². The molecular formula is C17H15NO5. The third-order valence-corrected chi connectivity index (χ3v) is 4.08. The number of carbonyl (C=O) groups excluding carboxylic acids is 1. The molecule has 0 saturated heterocycles. The molecule has 0 aliphatic carbocycles. The van der Waals surface area contributed by atoms with Gasteiger partial charge in [-0.2, -0.15) is 0 Å². The number of rotatable bonds is 4. The second-order valence-electron chi connectivity index (χ2n) is 5.46. The third kappa shape index (κ3) is 2.52. The number of carbonyl (C=O) groups is 1. The van der Waals surface area contributed by atoms with Gasteiger partial charge in [0, 0.05) is 17.7 Å². The van der Waals surface area contributed by atoms with Crippen molar-refractivity contribution in [1.29, 1.82) is 0 Å². The standard InChI is InChI=1S/C17H15NO5/c1-22-16(19)17(11-23-15-8-3-2-7-14(15)17)10-12-5-4-6-13(9-12)18(20)21/h2-9H,10-11H2,1H3. The zero-order chi connectivity index (χ0) is 16.4. The minimum absolute atomic E-state index is 0.00489. The van der Waals surface area contributed by atoms with Crippen LogP contribution in [0.15, 0.2) is 48.5 Å². The molecule has 2 aromatic carbocycles. The molecule has 0 radical (unpaired) electrons. The maximum absolute atomic E-state index is 12.5. The summed E-state index contributed by atoms with van der Waals surface area (Å²) in [5, 5.41) is 10.9. The number of hydrogen-bond donors (Lipinski definition) is 0. The Morgan fingerprint density at radius 1 is 1.30 bits per heavy atom. The Hall–Kier alpha value is -2.89. The fourth-order valence-electron chi connectivity index (χ4n) is 2.98. The number of methoxy groups -OCH3 is 1. The smallest absolute Gasteiger partial charge is 0.320 e. The molecule has 1 atom stereocenters. The van der Waals surface area contributed by atoms with Crippen molar-refractivity contribution in [3.63, 3.8) is 0 Å². The number of nitro benzene ring substituents is 1. The third-order valence-electron chi connectivity index (χ3n) is 4.08. The maximum Gasteiger partial charge on any atom is 0.320 e. The summed E-state index contributed by atoms with van der Waals surface area (Å²) in [4.78, 5) is 23.0. The Bertz CT molecular complexity index is 773. The van der Waals surface area contributed by atoms with Gasteiger partial charge in [-0.25, -0.2) is 0 Å². The quantitative estimate of drug-likeness (QED) is 0.492. The summed E-state index contributed by atoms with van der Waals surface area (Å²) in [5.74, 6) is 0.234. The van der Waals surface area contributed by atoms with E-state index >= 15 is 0 Å². The SMILES string of the molecule is COC(=O)C1(Cc2cccc([N+](=O)[O-])c2)COc2ccccc21. The first kappa shape index (κ1) is 15.0. The highest BCUT2D eigenvalue weighted by Crippen LogP contribution is 2.42.